The van der Waals surface area contributed by atoms with Crippen molar-refractivity contribution in [2.75, 3.05) is 11.9 Å². The zero-order valence-corrected chi connectivity index (χ0v) is 11.6. The Morgan fingerprint density at radius 1 is 1.00 bits per heavy atom. The van der Waals surface area contributed by atoms with Gasteiger partial charge < -0.3 is 5.32 Å². The smallest absolute Gasteiger partial charge is 0.156 e. The first kappa shape index (κ1) is 12.5. The Morgan fingerprint density at radius 2 is 1.80 bits per heavy atom. The molecule has 20 heavy (non-hydrogen) atoms. The number of nitrogens with one attached hydrogen (secondary N) is 1. The van der Waals surface area contributed by atoms with E-state index in [0.717, 1.165) is 40.1 Å². The maximum Gasteiger partial charge on any atom is 0.156 e. The highest BCUT2D eigenvalue weighted by Crippen LogP contribution is 2.29. The molecule has 0 saturated heterocycles. The van der Waals surface area contributed by atoms with Crippen molar-refractivity contribution in [1.82, 2.24) is 15.2 Å². The van der Waals surface area contributed by atoms with Crippen molar-refractivity contribution >= 4 is 16.6 Å². The van der Waals surface area contributed by atoms with Crippen molar-refractivity contribution in [2.24, 2.45) is 0 Å². The Balaban J connectivity index is 2.22. The molecule has 0 radical (unpaired) electrons. The summed E-state index contributed by atoms with van der Waals surface area (Å²) in [4.78, 5) is 4.34. The summed E-state index contributed by atoms with van der Waals surface area (Å²) in [6.07, 6.45) is 1.85. The van der Waals surface area contributed by atoms with E-state index in [0.29, 0.717) is 0 Å². The third-order valence-corrected chi connectivity index (χ3v) is 3.22. The number of nitrogens with zero attached hydrogens (tertiary/aromatic N) is 3. The lowest BCUT2D eigenvalue weighted by Gasteiger charge is -2.09. The van der Waals surface area contributed by atoms with E-state index in [-0.39, 0.29) is 0 Å². The molecule has 2 heterocycles. The monoisotopic (exact) mass is 264 g/mol. The van der Waals surface area contributed by atoms with E-state index in [1.54, 1.807) is 0 Å². The maximum atomic E-state index is 4.37. The number of benzene rings is 1. The van der Waals surface area contributed by atoms with Crippen LogP contribution in [0.3, 0.4) is 0 Å². The second kappa shape index (κ2) is 5.25. The molecule has 0 aliphatic carbocycles. The van der Waals surface area contributed by atoms with E-state index in [4.69, 9.17) is 0 Å². The summed E-state index contributed by atoms with van der Waals surface area (Å²) in [7, 11) is 0. The minimum absolute atomic E-state index is 0.824. The molecular formula is C16H16N4. The fraction of sp³-hybridized carbons (Fsp3) is 0.188. The number of rotatable bonds is 3. The van der Waals surface area contributed by atoms with Gasteiger partial charge in [-0.05, 0) is 26.0 Å². The van der Waals surface area contributed by atoms with Crippen LogP contribution in [0.15, 0.2) is 42.6 Å². The Kier molecular flexibility index (Phi) is 3.29. The standard InChI is InChI=1S/C16H16N4/c1-3-17-16-14-7-5-4-6-13(14)15(19-20-16)12-9-8-11(2)18-10-12/h4-10H,3H2,1-2H3,(H,17,20). The second-order valence-corrected chi connectivity index (χ2v) is 4.66. The first-order valence-corrected chi connectivity index (χ1v) is 6.72. The van der Waals surface area contributed by atoms with Gasteiger partial charge in [0.2, 0.25) is 0 Å². The van der Waals surface area contributed by atoms with Crippen LogP contribution in [0, 0.1) is 6.92 Å². The lowest BCUT2D eigenvalue weighted by molar-refractivity contribution is 1.03. The molecule has 1 N–H and O–H groups in total. The van der Waals surface area contributed by atoms with Crippen LogP contribution in [0.5, 0.6) is 0 Å². The minimum Gasteiger partial charge on any atom is -0.368 e. The largest absolute Gasteiger partial charge is 0.368 e. The van der Waals surface area contributed by atoms with Crippen LogP contribution < -0.4 is 5.32 Å². The van der Waals surface area contributed by atoms with Crippen LogP contribution in [0.2, 0.25) is 0 Å². The van der Waals surface area contributed by atoms with Gasteiger partial charge in [0, 0.05) is 34.8 Å². The van der Waals surface area contributed by atoms with E-state index in [9.17, 15) is 0 Å². The van der Waals surface area contributed by atoms with Crippen LogP contribution in [0.4, 0.5) is 5.82 Å². The first-order valence-electron chi connectivity index (χ1n) is 6.72. The average molecular weight is 264 g/mol. The fourth-order valence-corrected chi connectivity index (χ4v) is 2.22. The molecule has 0 atom stereocenters. The molecule has 0 saturated carbocycles. The van der Waals surface area contributed by atoms with Crippen molar-refractivity contribution in [3.63, 3.8) is 0 Å². The topological polar surface area (TPSA) is 50.7 Å². The van der Waals surface area contributed by atoms with Crippen LogP contribution >= 0.6 is 0 Å². The van der Waals surface area contributed by atoms with Gasteiger partial charge in [-0.3, -0.25) is 4.98 Å². The summed E-state index contributed by atoms with van der Waals surface area (Å²) in [6.45, 7) is 4.85. The Labute approximate surface area is 117 Å². The van der Waals surface area contributed by atoms with Gasteiger partial charge in [-0.1, -0.05) is 24.3 Å². The van der Waals surface area contributed by atoms with Gasteiger partial charge in [0.05, 0.1) is 0 Å². The summed E-state index contributed by atoms with van der Waals surface area (Å²) < 4.78 is 0. The molecule has 3 aromatic rings. The van der Waals surface area contributed by atoms with E-state index in [1.165, 1.54) is 0 Å². The summed E-state index contributed by atoms with van der Waals surface area (Å²) in [6, 6.07) is 12.2. The third kappa shape index (κ3) is 2.20. The highest BCUT2D eigenvalue weighted by Gasteiger charge is 2.10. The summed E-state index contributed by atoms with van der Waals surface area (Å²) in [5.41, 5.74) is 2.85. The number of hydrogen-bond acceptors (Lipinski definition) is 4. The number of pyridine rings is 1. The summed E-state index contributed by atoms with van der Waals surface area (Å²) in [5.74, 6) is 0.826. The van der Waals surface area contributed by atoms with Gasteiger partial charge in [-0.15, -0.1) is 10.2 Å². The molecule has 1 aromatic carbocycles. The molecule has 2 aromatic heterocycles. The van der Waals surface area contributed by atoms with Crippen LogP contribution in [-0.4, -0.2) is 21.7 Å². The van der Waals surface area contributed by atoms with Gasteiger partial charge in [0.25, 0.3) is 0 Å². The molecule has 4 heteroatoms. The lowest BCUT2D eigenvalue weighted by atomic mass is 10.1. The number of anilines is 1. The predicted molar refractivity (Wildman–Crippen MR) is 81.7 cm³/mol. The minimum atomic E-state index is 0.824. The molecule has 0 aliphatic heterocycles. The Hall–Kier alpha value is -2.49. The molecular weight excluding hydrogens is 248 g/mol. The zero-order valence-electron chi connectivity index (χ0n) is 11.6. The van der Waals surface area contributed by atoms with Gasteiger partial charge in [0.1, 0.15) is 5.69 Å². The van der Waals surface area contributed by atoms with Crippen LogP contribution in [-0.2, 0) is 0 Å². The first-order chi connectivity index (χ1) is 9.79. The normalized spacial score (nSPS) is 10.7. The zero-order chi connectivity index (χ0) is 13.9. The molecule has 3 rings (SSSR count). The summed E-state index contributed by atoms with van der Waals surface area (Å²) >= 11 is 0. The van der Waals surface area contributed by atoms with Crippen molar-refractivity contribution in [1.29, 1.82) is 0 Å². The van der Waals surface area contributed by atoms with Crippen molar-refractivity contribution in [3.8, 4) is 11.3 Å². The molecule has 4 nitrogen and oxygen atoms in total. The Bertz CT molecular complexity index is 735. The quantitative estimate of drug-likeness (QED) is 0.787. The number of aryl methyl sites for hydroxylation is 1. The van der Waals surface area contributed by atoms with E-state index < -0.39 is 0 Å². The van der Waals surface area contributed by atoms with Crippen LogP contribution in [0.25, 0.3) is 22.0 Å². The predicted octanol–water partition coefficient (Wildman–Crippen LogP) is 3.43. The number of aromatic nitrogens is 3. The molecule has 100 valence electrons. The summed E-state index contributed by atoms with van der Waals surface area (Å²) in [5, 5.41) is 14.1. The third-order valence-electron chi connectivity index (χ3n) is 3.22. The van der Waals surface area contributed by atoms with Crippen molar-refractivity contribution in [2.45, 2.75) is 13.8 Å². The van der Waals surface area contributed by atoms with Gasteiger partial charge >= 0.3 is 0 Å². The number of hydrogen-bond donors (Lipinski definition) is 1. The van der Waals surface area contributed by atoms with Crippen molar-refractivity contribution in [3.05, 3.63) is 48.3 Å². The molecule has 0 spiro atoms. The molecule has 0 bridgehead atoms. The van der Waals surface area contributed by atoms with Gasteiger partial charge in [-0.25, -0.2) is 0 Å². The molecule has 0 unspecified atom stereocenters. The Morgan fingerprint density at radius 3 is 2.50 bits per heavy atom. The van der Waals surface area contributed by atoms with E-state index >= 15 is 0 Å². The lowest BCUT2D eigenvalue weighted by Crippen LogP contribution is -2.02. The fourth-order valence-electron chi connectivity index (χ4n) is 2.22. The molecule has 0 aliphatic rings. The second-order valence-electron chi connectivity index (χ2n) is 4.66. The maximum absolute atomic E-state index is 4.37. The SMILES string of the molecule is CCNc1nnc(-c2ccc(C)nc2)c2ccccc12. The van der Waals surface area contributed by atoms with Gasteiger partial charge in [0.15, 0.2) is 5.82 Å². The molecule has 0 amide bonds. The van der Waals surface area contributed by atoms with Crippen molar-refractivity contribution < 1.29 is 0 Å². The van der Waals surface area contributed by atoms with E-state index in [1.807, 2.05) is 44.3 Å². The highest BCUT2D eigenvalue weighted by molar-refractivity contribution is 5.99. The van der Waals surface area contributed by atoms with Gasteiger partial charge in [-0.2, -0.15) is 0 Å². The van der Waals surface area contributed by atoms with Crippen LogP contribution in [0.1, 0.15) is 12.6 Å². The number of fused-ring (bicyclic) bond motifs is 1. The average Bonchev–Trinajstić information content (AvgIpc) is 2.49. The highest BCUT2D eigenvalue weighted by atomic mass is 15.2. The molecule has 0 fully saturated rings. The van der Waals surface area contributed by atoms with E-state index in [2.05, 4.69) is 32.6 Å².